The third-order valence-corrected chi connectivity index (χ3v) is 3.64. The number of hydrogen-bond donors (Lipinski definition) is 1. The van der Waals surface area contributed by atoms with Crippen molar-refractivity contribution in [3.8, 4) is 0 Å². The van der Waals surface area contributed by atoms with E-state index >= 15 is 0 Å². The van der Waals surface area contributed by atoms with Crippen LogP contribution in [0.4, 0.5) is 0 Å². The molecule has 1 N–H and O–H groups in total. The molecule has 0 fully saturated rings. The third-order valence-electron chi connectivity index (χ3n) is 2.64. The molecule has 0 spiro atoms. The van der Waals surface area contributed by atoms with Gasteiger partial charge in [0.1, 0.15) is 15.5 Å². The van der Waals surface area contributed by atoms with E-state index in [1.165, 1.54) is 0 Å². The summed E-state index contributed by atoms with van der Waals surface area (Å²) in [5, 5.41) is 0. The van der Waals surface area contributed by atoms with Crippen molar-refractivity contribution in [2.45, 2.75) is 52.6 Å². The Labute approximate surface area is 122 Å². The molecule has 1 atom stereocenters. The highest BCUT2D eigenvalue weighted by Gasteiger charge is 2.24. The molecule has 1 aromatic rings. The molecule has 0 amide bonds. The Morgan fingerprint density at radius 3 is 2.44 bits per heavy atom. The lowest BCUT2D eigenvalue weighted by molar-refractivity contribution is 0.0529. The van der Waals surface area contributed by atoms with Crippen LogP contribution >= 0.6 is 22.6 Å². The highest BCUT2D eigenvalue weighted by molar-refractivity contribution is 14.1. The topological polar surface area (TPSA) is 55.0 Å². The average Bonchev–Trinajstić information content (AvgIpc) is 2.28. The summed E-state index contributed by atoms with van der Waals surface area (Å²) in [5.74, 6) is 0.634. The van der Waals surface area contributed by atoms with Crippen molar-refractivity contribution < 1.29 is 4.74 Å². The molecular weight excluding hydrogens is 343 g/mol. The number of rotatable bonds is 4. The van der Waals surface area contributed by atoms with Crippen LogP contribution in [0.25, 0.3) is 0 Å². The molecule has 0 aromatic carbocycles. The summed E-state index contributed by atoms with van der Waals surface area (Å²) in [6.07, 6.45) is 0.654. The normalized spacial score (nSPS) is 13.7. The van der Waals surface area contributed by atoms with E-state index in [4.69, 9.17) is 4.74 Å². The Morgan fingerprint density at radius 1 is 1.39 bits per heavy atom. The fourth-order valence-corrected chi connectivity index (χ4v) is 2.78. The summed E-state index contributed by atoms with van der Waals surface area (Å²) < 4.78 is 6.27. The minimum absolute atomic E-state index is 0.0799. The predicted molar refractivity (Wildman–Crippen MR) is 80.9 cm³/mol. The van der Waals surface area contributed by atoms with Crippen LogP contribution in [-0.2, 0) is 10.2 Å². The summed E-state index contributed by atoms with van der Waals surface area (Å²) >= 11 is 2.06. The molecule has 0 aliphatic carbocycles. The first-order chi connectivity index (χ1) is 8.31. The zero-order chi connectivity index (χ0) is 13.9. The zero-order valence-corrected chi connectivity index (χ0v) is 13.8. The molecule has 1 unspecified atom stereocenters. The Bertz CT molecular complexity index is 463. The van der Waals surface area contributed by atoms with E-state index in [-0.39, 0.29) is 17.1 Å². The third kappa shape index (κ3) is 3.54. The first-order valence-electron chi connectivity index (χ1n) is 6.23. The Morgan fingerprint density at radius 2 is 2.00 bits per heavy atom. The molecule has 0 aliphatic heterocycles. The molecule has 1 heterocycles. The van der Waals surface area contributed by atoms with Gasteiger partial charge < -0.3 is 9.72 Å². The number of H-pyrrole nitrogens is 1. The lowest BCUT2D eigenvalue weighted by Gasteiger charge is -2.22. The second kappa shape index (κ2) is 6.14. The molecule has 0 aliphatic rings. The van der Waals surface area contributed by atoms with Gasteiger partial charge >= 0.3 is 0 Å². The molecule has 5 heteroatoms. The van der Waals surface area contributed by atoms with Gasteiger partial charge in [0.05, 0.1) is 5.69 Å². The molecule has 0 saturated heterocycles. The monoisotopic (exact) mass is 364 g/mol. The highest BCUT2D eigenvalue weighted by Crippen LogP contribution is 2.25. The van der Waals surface area contributed by atoms with E-state index < -0.39 is 0 Å². The standard InChI is InChI=1S/C13H21IN2O2/c1-6-8(18-7-2)11-15-10(13(3,4)5)9(14)12(17)16-11/h8H,6-7H2,1-5H3,(H,15,16,17). The van der Waals surface area contributed by atoms with E-state index in [0.29, 0.717) is 16.0 Å². The van der Waals surface area contributed by atoms with Crippen molar-refractivity contribution >= 4 is 22.6 Å². The molecule has 18 heavy (non-hydrogen) atoms. The molecular formula is C13H21IN2O2. The summed E-state index contributed by atoms with van der Waals surface area (Å²) in [6, 6.07) is 0. The predicted octanol–water partition coefficient (Wildman–Crippen LogP) is 3.16. The first-order valence-corrected chi connectivity index (χ1v) is 7.30. The van der Waals surface area contributed by atoms with Crippen LogP contribution in [0, 0.1) is 3.57 Å². The number of ether oxygens (including phenoxy) is 1. The van der Waals surface area contributed by atoms with Crippen LogP contribution in [0.2, 0.25) is 0 Å². The maximum atomic E-state index is 12.0. The molecule has 0 saturated carbocycles. The van der Waals surface area contributed by atoms with Gasteiger partial charge in [0, 0.05) is 12.0 Å². The van der Waals surface area contributed by atoms with Crippen molar-refractivity contribution in [2.24, 2.45) is 0 Å². The molecule has 1 rings (SSSR count). The zero-order valence-electron chi connectivity index (χ0n) is 11.6. The summed E-state index contributed by atoms with van der Waals surface area (Å²) in [5.41, 5.74) is 0.605. The van der Waals surface area contributed by atoms with Crippen molar-refractivity contribution in [3.63, 3.8) is 0 Å². The number of halogens is 1. The van der Waals surface area contributed by atoms with Gasteiger partial charge in [-0.25, -0.2) is 4.98 Å². The van der Waals surface area contributed by atoms with Crippen LogP contribution < -0.4 is 5.56 Å². The van der Waals surface area contributed by atoms with E-state index in [0.717, 1.165) is 12.1 Å². The smallest absolute Gasteiger partial charge is 0.264 e. The molecule has 0 bridgehead atoms. The van der Waals surface area contributed by atoms with Gasteiger partial charge in [0.2, 0.25) is 0 Å². The quantitative estimate of drug-likeness (QED) is 0.835. The molecule has 0 radical (unpaired) electrons. The van der Waals surface area contributed by atoms with Gasteiger partial charge in [0.25, 0.3) is 5.56 Å². The van der Waals surface area contributed by atoms with E-state index in [2.05, 4.69) is 53.3 Å². The largest absolute Gasteiger partial charge is 0.371 e. The summed E-state index contributed by atoms with van der Waals surface area (Å²) in [7, 11) is 0. The first kappa shape index (κ1) is 15.6. The van der Waals surface area contributed by atoms with Crippen molar-refractivity contribution in [1.82, 2.24) is 9.97 Å². The number of hydrogen-bond acceptors (Lipinski definition) is 3. The van der Waals surface area contributed by atoms with Crippen molar-refractivity contribution in [1.29, 1.82) is 0 Å². The molecule has 102 valence electrons. The number of nitrogens with one attached hydrogen (secondary N) is 1. The molecule has 1 aromatic heterocycles. The minimum Gasteiger partial charge on any atom is -0.371 e. The lowest BCUT2D eigenvalue weighted by Crippen LogP contribution is -2.27. The maximum Gasteiger partial charge on any atom is 0.264 e. The number of aromatic nitrogens is 2. The average molecular weight is 364 g/mol. The van der Waals surface area contributed by atoms with Gasteiger partial charge in [-0.1, -0.05) is 27.7 Å². The van der Waals surface area contributed by atoms with E-state index in [1.54, 1.807) is 0 Å². The molecule has 4 nitrogen and oxygen atoms in total. The second-order valence-corrected chi connectivity index (χ2v) is 6.29. The summed E-state index contributed by atoms with van der Waals surface area (Å²) in [4.78, 5) is 19.4. The van der Waals surface area contributed by atoms with Crippen LogP contribution in [0.3, 0.4) is 0 Å². The Kier molecular flexibility index (Phi) is 5.33. The fraction of sp³-hybridized carbons (Fsp3) is 0.692. The maximum absolute atomic E-state index is 12.0. The van der Waals surface area contributed by atoms with Crippen LogP contribution in [0.5, 0.6) is 0 Å². The number of nitrogens with zero attached hydrogens (tertiary/aromatic N) is 1. The Balaban J connectivity index is 3.32. The van der Waals surface area contributed by atoms with Gasteiger partial charge in [-0.05, 0) is 35.9 Å². The number of aromatic amines is 1. The van der Waals surface area contributed by atoms with Gasteiger partial charge in [-0.2, -0.15) is 0 Å². The Hall–Kier alpha value is -0.430. The van der Waals surface area contributed by atoms with Gasteiger partial charge in [-0.3, -0.25) is 4.79 Å². The van der Waals surface area contributed by atoms with Gasteiger partial charge in [0.15, 0.2) is 0 Å². The van der Waals surface area contributed by atoms with Crippen LogP contribution in [0.1, 0.15) is 58.7 Å². The van der Waals surface area contributed by atoms with Crippen molar-refractivity contribution in [2.75, 3.05) is 6.61 Å². The second-order valence-electron chi connectivity index (χ2n) is 5.22. The highest BCUT2D eigenvalue weighted by atomic mass is 127. The van der Waals surface area contributed by atoms with Gasteiger partial charge in [-0.15, -0.1) is 0 Å². The van der Waals surface area contributed by atoms with Crippen LogP contribution in [-0.4, -0.2) is 16.6 Å². The SMILES string of the molecule is CCOC(CC)c1nc(C(C)(C)C)c(I)c(=O)[nH]1. The van der Waals surface area contributed by atoms with E-state index in [1.807, 2.05) is 13.8 Å². The van der Waals surface area contributed by atoms with E-state index in [9.17, 15) is 4.79 Å². The summed E-state index contributed by atoms with van der Waals surface area (Å²) in [6.45, 7) is 10.7. The van der Waals surface area contributed by atoms with Crippen molar-refractivity contribution in [3.05, 3.63) is 25.4 Å². The fourth-order valence-electron chi connectivity index (χ4n) is 1.72. The minimum atomic E-state index is -0.149. The van der Waals surface area contributed by atoms with Crippen LogP contribution in [0.15, 0.2) is 4.79 Å². The lowest BCUT2D eigenvalue weighted by atomic mass is 9.92.